The number of allylic oxidation sites excluding steroid dienone is 3. The van der Waals surface area contributed by atoms with Crippen molar-refractivity contribution in [2.45, 2.75) is 46.6 Å². The number of nitrogens with zero attached hydrogens (tertiary/aromatic N) is 2. The molecule has 0 bridgehead atoms. The number of benzene rings is 1. The number of halogens is 1. The molecule has 32 heavy (non-hydrogen) atoms. The Kier molecular flexibility index (Phi) is 14.4. The molecule has 0 radical (unpaired) electrons. The van der Waals surface area contributed by atoms with Gasteiger partial charge in [0.15, 0.2) is 11.4 Å². The zero-order valence-electron chi connectivity index (χ0n) is 19.4. The molecule has 0 amide bonds. The van der Waals surface area contributed by atoms with Gasteiger partial charge in [0.2, 0.25) is 0 Å². The third kappa shape index (κ3) is 7.96. The van der Waals surface area contributed by atoms with E-state index in [1.54, 1.807) is 6.08 Å². The summed E-state index contributed by atoms with van der Waals surface area (Å²) < 4.78 is 1.89. The minimum Gasteiger partial charge on any atom is -0.399 e. The lowest BCUT2D eigenvalue weighted by molar-refractivity contribution is 0.111. The quantitative estimate of drug-likeness (QED) is 0.197. The van der Waals surface area contributed by atoms with E-state index in [1.165, 1.54) is 0 Å². The maximum absolute atomic E-state index is 11.5. The number of hydrogen-bond acceptors (Lipinski definition) is 5. The lowest BCUT2D eigenvalue weighted by Crippen LogP contribution is -2.09. The Balaban J connectivity index is 0.00000227. The van der Waals surface area contributed by atoms with Crippen LogP contribution < -0.4 is 17.4 Å². The predicted molar refractivity (Wildman–Crippen MR) is 137 cm³/mol. The number of imidazole rings is 1. The van der Waals surface area contributed by atoms with E-state index in [4.69, 9.17) is 17.3 Å². The second-order valence-electron chi connectivity index (χ2n) is 6.53. The van der Waals surface area contributed by atoms with E-state index < -0.39 is 0 Å². The van der Waals surface area contributed by atoms with Crippen LogP contribution >= 0.6 is 11.6 Å². The molecule has 0 spiro atoms. The van der Waals surface area contributed by atoms with Gasteiger partial charge in [-0.2, -0.15) is 0 Å². The first-order chi connectivity index (χ1) is 15.4. The third-order valence-corrected chi connectivity index (χ3v) is 4.79. The van der Waals surface area contributed by atoms with Crippen molar-refractivity contribution < 1.29 is 4.79 Å². The SMILES string of the molecule is C=C/C=C(\C(=C)C(=C)N)c1ccc(Cn2c(CCCC)nc(Cl)c2C=O)cc1.CC.NN. The van der Waals surface area contributed by atoms with Gasteiger partial charge < -0.3 is 10.3 Å². The highest BCUT2D eigenvalue weighted by Gasteiger charge is 2.15. The number of aldehydes is 1. The fourth-order valence-corrected chi connectivity index (χ4v) is 3.17. The maximum atomic E-state index is 11.5. The fraction of sp³-hybridized carbons (Fsp3) is 0.280. The number of aryl methyl sites for hydroxylation is 1. The number of carbonyl (C=O) groups is 1. The smallest absolute Gasteiger partial charge is 0.169 e. The number of hydrogen-bond donors (Lipinski definition) is 3. The first-order valence-corrected chi connectivity index (χ1v) is 10.9. The Morgan fingerprint density at radius 1 is 1.19 bits per heavy atom. The van der Waals surface area contributed by atoms with Crippen LogP contribution in [0.4, 0.5) is 0 Å². The van der Waals surface area contributed by atoms with Gasteiger partial charge >= 0.3 is 0 Å². The van der Waals surface area contributed by atoms with Crippen LogP contribution in [0.25, 0.3) is 5.57 Å². The van der Waals surface area contributed by atoms with Gasteiger partial charge in [0.05, 0.1) is 0 Å². The Labute approximate surface area is 197 Å². The molecule has 1 aromatic carbocycles. The average Bonchev–Trinajstić information content (AvgIpc) is 3.12. The molecule has 0 saturated carbocycles. The van der Waals surface area contributed by atoms with Crippen LogP contribution in [0.1, 0.15) is 61.1 Å². The molecule has 1 aromatic heterocycles. The van der Waals surface area contributed by atoms with Crippen LogP contribution in [-0.4, -0.2) is 15.8 Å². The van der Waals surface area contributed by atoms with Crippen LogP contribution in [-0.2, 0) is 13.0 Å². The average molecular weight is 458 g/mol. The minimum absolute atomic E-state index is 0.256. The van der Waals surface area contributed by atoms with E-state index in [1.807, 2.05) is 48.8 Å². The molecule has 174 valence electrons. The first kappa shape index (κ1) is 29.1. The lowest BCUT2D eigenvalue weighted by atomic mass is 9.96. The first-order valence-electron chi connectivity index (χ1n) is 10.5. The van der Waals surface area contributed by atoms with E-state index in [0.29, 0.717) is 23.5 Å². The number of unbranched alkanes of at least 4 members (excludes halogenated alkanes) is 1. The summed E-state index contributed by atoms with van der Waals surface area (Å²) in [6, 6.07) is 7.99. The second-order valence-corrected chi connectivity index (χ2v) is 6.89. The second kappa shape index (κ2) is 15.8. The molecule has 0 aliphatic rings. The standard InChI is InChI=1S/C23H26ClN3O.C2H6.H4N2/c1-5-7-9-22-26-23(24)21(15-28)27(22)14-18-10-12-19(13-11-18)20(8-6-2)16(3)17(4)25;2*1-2/h6,8,10-13,15H,2-5,7,9,14,25H2,1H3;1-2H3;1-2H2/b20-8+;;. The summed E-state index contributed by atoms with van der Waals surface area (Å²) in [5, 5.41) is 0.256. The van der Waals surface area contributed by atoms with E-state index >= 15 is 0 Å². The van der Waals surface area contributed by atoms with Crippen LogP contribution in [0.2, 0.25) is 5.15 Å². The zero-order chi connectivity index (χ0) is 24.7. The summed E-state index contributed by atoms with van der Waals surface area (Å²) in [6.07, 6.45) is 7.14. The molecule has 0 aliphatic heterocycles. The number of carbonyl (C=O) groups excluding carboxylic acids is 1. The van der Waals surface area contributed by atoms with Crippen molar-refractivity contribution in [3.05, 3.63) is 95.2 Å². The highest BCUT2D eigenvalue weighted by Crippen LogP contribution is 2.26. The van der Waals surface area contributed by atoms with Gasteiger partial charge in [-0.05, 0) is 28.7 Å². The van der Waals surface area contributed by atoms with Crippen molar-refractivity contribution in [2.24, 2.45) is 17.4 Å². The highest BCUT2D eigenvalue weighted by molar-refractivity contribution is 6.31. The molecule has 0 fully saturated rings. The predicted octanol–water partition coefficient (Wildman–Crippen LogP) is 5.18. The van der Waals surface area contributed by atoms with Gasteiger partial charge in [0.25, 0.3) is 0 Å². The highest BCUT2D eigenvalue weighted by atomic mass is 35.5. The van der Waals surface area contributed by atoms with Crippen molar-refractivity contribution in [1.82, 2.24) is 9.55 Å². The number of hydrazine groups is 1. The van der Waals surface area contributed by atoms with E-state index in [0.717, 1.165) is 48.1 Å². The molecule has 0 aliphatic carbocycles. The number of rotatable bonds is 10. The Bertz CT molecular complexity index is 927. The van der Waals surface area contributed by atoms with Gasteiger partial charge in [-0.25, -0.2) is 4.98 Å². The van der Waals surface area contributed by atoms with Crippen LogP contribution in [0.15, 0.2) is 67.4 Å². The molecule has 1 heterocycles. The summed E-state index contributed by atoms with van der Waals surface area (Å²) >= 11 is 6.15. The van der Waals surface area contributed by atoms with Crippen LogP contribution in [0.3, 0.4) is 0 Å². The summed E-state index contributed by atoms with van der Waals surface area (Å²) in [4.78, 5) is 15.9. The van der Waals surface area contributed by atoms with Crippen molar-refractivity contribution >= 4 is 23.5 Å². The Hall–Kier alpha value is -2.93. The molecule has 0 saturated heterocycles. The minimum atomic E-state index is 0.256. The van der Waals surface area contributed by atoms with Crippen LogP contribution in [0.5, 0.6) is 0 Å². The Morgan fingerprint density at radius 3 is 2.25 bits per heavy atom. The van der Waals surface area contributed by atoms with E-state index in [2.05, 4.69) is 43.3 Å². The molecular weight excluding hydrogens is 422 g/mol. The summed E-state index contributed by atoms with van der Waals surface area (Å²) in [6.45, 7) is 18.2. The van der Waals surface area contributed by atoms with Crippen molar-refractivity contribution in [3.8, 4) is 0 Å². The van der Waals surface area contributed by atoms with Gasteiger partial charge in [-0.15, -0.1) is 0 Å². The molecule has 0 atom stereocenters. The van der Waals surface area contributed by atoms with Gasteiger partial charge in [-0.3, -0.25) is 16.5 Å². The topological polar surface area (TPSA) is 113 Å². The van der Waals surface area contributed by atoms with Gasteiger partial charge in [-0.1, -0.05) is 94.9 Å². The lowest BCUT2D eigenvalue weighted by Gasteiger charge is -2.13. The van der Waals surface area contributed by atoms with E-state index in [-0.39, 0.29) is 5.15 Å². The van der Waals surface area contributed by atoms with Crippen LogP contribution in [0, 0.1) is 0 Å². The normalized spacial score (nSPS) is 10.2. The molecule has 0 unspecified atom stereocenters. The molecule has 6 N–H and O–H groups in total. The molecule has 2 rings (SSSR count). The number of nitrogens with two attached hydrogens (primary N) is 3. The summed E-state index contributed by atoms with van der Waals surface area (Å²) in [5.41, 5.74) is 10.2. The summed E-state index contributed by atoms with van der Waals surface area (Å²) in [5.74, 6) is 8.83. The van der Waals surface area contributed by atoms with E-state index in [9.17, 15) is 4.79 Å². The largest absolute Gasteiger partial charge is 0.399 e. The van der Waals surface area contributed by atoms with Gasteiger partial charge in [0, 0.05) is 18.7 Å². The van der Waals surface area contributed by atoms with Gasteiger partial charge in [0.1, 0.15) is 11.5 Å². The zero-order valence-corrected chi connectivity index (χ0v) is 20.2. The maximum Gasteiger partial charge on any atom is 0.169 e. The molecule has 7 heteroatoms. The van der Waals surface area contributed by atoms with Crippen molar-refractivity contribution in [3.63, 3.8) is 0 Å². The molecular formula is C25H36ClN5O. The third-order valence-electron chi connectivity index (χ3n) is 4.51. The number of aromatic nitrogens is 2. The monoisotopic (exact) mass is 457 g/mol. The van der Waals surface area contributed by atoms with Crippen molar-refractivity contribution in [2.75, 3.05) is 0 Å². The molecule has 6 nitrogen and oxygen atoms in total. The molecule has 2 aromatic rings. The Morgan fingerprint density at radius 2 is 1.78 bits per heavy atom. The fourth-order valence-electron chi connectivity index (χ4n) is 2.93. The summed E-state index contributed by atoms with van der Waals surface area (Å²) in [7, 11) is 0. The van der Waals surface area contributed by atoms with Crippen molar-refractivity contribution in [1.29, 1.82) is 0 Å².